The summed E-state index contributed by atoms with van der Waals surface area (Å²) in [6.45, 7) is 12.8. The summed E-state index contributed by atoms with van der Waals surface area (Å²) in [5.41, 5.74) is 0. The van der Waals surface area contributed by atoms with Crippen molar-refractivity contribution in [3.05, 3.63) is 0 Å². The van der Waals surface area contributed by atoms with E-state index in [0.29, 0.717) is 6.04 Å². The summed E-state index contributed by atoms with van der Waals surface area (Å²) in [5.74, 6) is 0.780. The van der Waals surface area contributed by atoms with Gasteiger partial charge in [-0.2, -0.15) is 0 Å². The molecule has 1 rings (SSSR count). The van der Waals surface area contributed by atoms with Crippen LogP contribution in [-0.4, -0.2) is 36.6 Å². The molecule has 2 nitrogen and oxygen atoms in total. The van der Waals surface area contributed by atoms with Crippen LogP contribution < -0.4 is 5.32 Å². The smallest absolute Gasteiger partial charge is 0.0220 e. The number of hydrogen-bond acceptors (Lipinski definition) is 2. The molecule has 0 bridgehead atoms. The van der Waals surface area contributed by atoms with E-state index in [4.69, 9.17) is 0 Å². The standard InChI is InChI=1S/C16H34N2/c1-5-14(4)16(17-6-2)13-18(7-3)15-11-9-8-10-12-15/h14-17H,5-13H2,1-4H3. The maximum Gasteiger partial charge on any atom is 0.0220 e. The van der Waals surface area contributed by atoms with Gasteiger partial charge in [0.1, 0.15) is 0 Å². The number of rotatable bonds is 8. The molecular weight excluding hydrogens is 220 g/mol. The Bertz CT molecular complexity index is 199. The van der Waals surface area contributed by atoms with Crippen molar-refractivity contribution in [1.29, 1.82) is 0 Å². The molecule has 0 saturated heterocycles. The Labute approximate surface area is 115 Å². The summed E-state index contributed by atoms with van der Waals surface area (Å²) < 4.78 is 0. The van der Waals surface area contributed by atoms with E-state index in [1.807, 2.05) is 0 Å². The van der Waals surface area contributed by atoms with E-state index >= 15 is 0 Å². The molecule has 0 heterocycles. The third kappa shape index (κ3) is 4.89. The van der Waals surface area contributed by atoms with Gasteiger partial charge in [-0.3, -0.25) is 4.90 Å². The van der Waals surface area contributed by atoms with Gasteiger partial charge in [0, 0.05) is 18.6 Å². The highest BCUT2D eigenvalue weighted by atomic mass is 15.2. The van der Waals surface area contributed by atoms with Gasteiger partial charge in [0.25, 0.3) is 0 Å². The molecule has 1 fully saturated rings. The summed E-state index contributed by atoms with van der Waals surface area (Å²) in [7, 11) is 0. The van der Waals surface area contributed by atoms with Crippen molar-refractivity contribution in [2.75, 3.05) is 19.6 Å². The molecule has 0 amide bonds. The number of nitrogens with one attached hydrogen (secondary N) is 1. The molecule has 2 unspecified atom stereocenters. The minimum absolute atomic E-state index is 0.668. The zero-order valence-corrected chi connectivity index (χ0v) is 13.0. The van der Waals surface area contributed by atoms with Crippen molar-refractivity contribution in [3.8, 4) is 0 Å². The maximum atomic E-state index is 3.70. The van der Waals surface area contributed by atoms with Crippen molar-refractivity contribution >= 4 is 0 Å². The van der Waals surface area contributed by atoms with Crippen LogP contribution in [0, 0.1) is 5.92 Å². The van der Waals surface area contributed by atoms with Gasteiger partial charge in [0.15, 0.2) is 0 Å². The Hall–Kier alpha value is -0.0800. The van der Waals surface area contributed by atoms with Gasteiger partial charge in [0.05, 0.1) is 0 Å². The first-order valence-corrected chi connectivity index (χ1v) is 8.20. The molecule has 1 saturated carbocycles. The minimum Gasteiger partial charge on any atom is -0.313 e. The Morgan fingerprint density at radius 1 is 1.11 bits per heavy atom. The monoisotopic (exact) mass is 254 g/mol. The Morgan fingerprint density at radius 3 is 2.28 bits per heavy atom. The first-order valence-electron chi connectivity index (χ1n) is 8.20. The van der Waals surface area contributed by atoms with Crippen LogP contribution in [0.15, 0.2) is 0 Å². The second-order valence-corrected chi connectivity index (χ2v) is 5.93. The van der Waals surface area contributed by atoms with Crippen molar-refractivity contribution in [2.24, 2.45) is 5.92 Å². The normalized spacial score (nSPS) is 21.2. The fourth-order valence-electron chi connectivity index (χ4n) is 3.23. The predicted octanol–water partition coefficient (Wildman–Crippen LogP) is 3.67. The number of likely N-dealkylation sites (N-methyl/N-ethyl adjacent to an activating group) is 2. The molecule has 18 heavy (non-hydrogen) atoms. The number of hydrogen-bond donors (Lipinski definition) is 1. The van der Waals surface area contributed by atoms with E-state index in [9.17, 15) is 0 Å². The molecule has 0 radical (unpaired) electrons. The second-order valence-electron chi connectivity index (χ2n) is 5.93. The summed E-state index contributed by atoms with van der Waals surface area (Å²) in [5, 5.41) is 3.70. The lowest BCUT2D eigenvalue weighted by Crippen LogP contribution is -2.48. The quantitative estimate of drug-likeness (QED) is 0.711. The molecule has 1 N–H and O–H groups in total. The Balaban J connectivity index is 2.51. The van der Waals surface area contributed by atoms with Crippen LogP contribution in [0.3, 0.4) is 0 Å². The summed E-state index contributed by atoms with van der Waals surface area (Å²) in [6, 6.07) is 1.52. The van der Waals surface area contributed by atoms with E-state index in [0.717, 1.165) is 18.5 Å². The van der Waals surface area contributed by atoms with Gasteiger partial charge >= 0.3 is 0 Å². The third-order valence-corrected chi connectivity index (χ3v) is 4.73. The van der Waals surface area contributed by atoms with Crippen LogP contribution in [0.5, 0.6) is 0 Å². The Kier molecular flexibility index (Phi) is 7.92. The lowest BCUT2D eigenvalue weighted by Gasteiger charge is -2.37. The molecule has 108 valence electrons. The van der Waals surface area contributed by atoms with Crippen LogP contribution in [0.25, 0.3) is 0 Å². The lowest BCUT2D eigenvalue weighted by molar-refractivity contribution is 0.134. The highest BCUT2D eigenvalue weighted by molar-refractivity contribution is 4.81. The van der Waals surface area contributed by atoms with E-state index in [2.05, 4.69) is 37.9 Å². The van der Waals surface area contributed by atoms with Crippen molar-refractivity contribution in [2.45, 2.75) is 78.3 Å². The maximum absolute atomic E-state index is 3.70. The predicted molar refractivity (Wildman–Crippen MR) is 81.0 cm³/mol. The minimum atomic E-state index is 0.668. The van der Waals surface area contributed by atoms with Gasteiger partial charge in [-0.15, -0.1) is 0 Å². The Morgan fingerprint density at radius 2 is 1.78 bits per heavy atom. The zero-order valence-electron chi connectivity index (χ0n) is 13.0. The highest BCUT2D eigenvalue weighted by Gasteiger charge is 2.24. The van der Waals surface area contributed by atoms with Crippen LogP contribution >= 0.6 is 0 Å². The first-order chi connectivity index (χ1) is 8.72. The van der Waals surface area contributed by atoms with Gasteiger partial charge < -0.3 is 5.32 Å². The molecule has 2 atom stereocenters. The van der Waals surface area contributed by atoms with Crippen molar-refractivity contribution < 1.29 is 0 Å². The van der Waals surface area contributed by atoms with E-state index < -0.39 is 0 Å². The van der Waals surface area contributed by atoms with Crippen molar-refractivity contribution in [3.63, 3.8) is 0 Å². The SMILES string of the molecule is CCNC(CN(CC)C1CCCCC1)C(C)CC. The molecular formula is C16H34N2. The average Bonchev–Trinajstić information content (AvgIpc) is 2.43. The summed E-state index contributed by atoms with van der Waals surface area (Å²) >= 11 is 0. The fourth-order valence-corrected chi connectivity index (χ4v) is 3.23. The molecule has 0 aromatic heterocycles. The summed E-state index contributed by atoms with van der Waals surface area (Å²) in [6.07, 6.45) is 8.46. The summed E-state index contributed by atoms with van der Waals surface area (Å²) in [4.78, 5) is 2.73. The lowest BCUT2D eigenvalue weighted by atomic mass is 9.92. The van der Waals surface area contributed by atoms with Gasteiger partial charge in [-0.05, 0) is 31.8 Å². The second kappa shape index (κ2) is 8.92. The van der Waals surface area contributed by atoms with E-state index in [1.165, 1.54) is 51.6 Å². The van der Waals surface area contributed by atoms with E-state index in [-0.39, 0.29) is 0 Å². The topological polar surface area (TPSA) is 15.3 Å². The van der Waals surface area contributed by atoms with Crippen LogP contribution in [0.2, 0.25) is 0 Å². The van der Waals surface area contributed by atoms with Gasteiger partial charge in [-0.1, -0.05) is 53.4 Å². The van der Waals surface area contributed by atoms with Crippen molar-refractivity contribution in [1.82, 2.24) is 10.2 Å². The first kappa shape index (κ1) is 16.0. The van der Waals surface area contributed by atoms with Crippen LogP contribution in [0.4, 0.5) is 0 Å². The number of nitrogens with zero attached hydrogens (tertiary/aromatic N) is 1. The molecule has 1 aliphatic carbocycles. The van der Waals surface area contributed by atoms with E-state index in [1.54, 1.807) is 0 Å². The largest absolute Gasteiger partial charge is 0.313 e. The third-order valence-electron chi connectivity index (χ3n) is 4.73. The van der Waals surface area contributed by atoms with Gasteiger partial charge in [0.2, 0.25) is 0 Å². The average molecular weight is 254 g/mol. The van der Waals surface area contributed by atoms with Crippen LogP contribution in [-0.2, 0) is 0 Å². The molecule has 0 spiro atoms. The fraction of sp³-hybridized carbons (Fsp3) is 1.00. The molecule has 0 aliphatic heterocycles. The molecule has 0 aromatic carbocycles. The highest BCUT2D eigenvalue weighted by Crippen LogP contribution is 2.23. The molecule has 1 aliphatic rings. The van der Waals surface area contributed by atoms with Gasteiger partial charge in [-0.25, -0.2) is 0 Å². The zero-order chi connectivity index (χ0) is 13.4. The molecule has 0 aromatic rings. The van der Waals surface area contributed by atoms with Crippen LogP contribution in [0.1, 0.15) is 66.2 Å². The molecule has 2 heteroatoms.